The summed E-state index contributed by atoms with van der Waals surface area (Å²) in [6.45, 7) is 0. The summed E-state index contributed by atoms with van der Waals surface area (Å²) in [5.74, 6) is -1.73. The van der Waals surface area contributed by atoms with Crippen LogP contribution < -0.4 is 0 Å². The average Bonchev–Trinajstić information content (AvgIpc) is 3.17. The molecule has 0 unspecified atom stereocenters. The van der Waals surface area contributed by atoms with Crippen molar-refractivity contribution >= 4 is 77.8 Å². The molecule has 9 heteroatoms. The van der Waals surface area contributed by atoms with Crippen LogP contribution in [-0.4, -0.2) is 22.2 Å². The van der Waals surface area contributed by atoms with Crippen LogP contribution in [0.25, 0.3) is 19.5 Å². The van der Waals surface area contributed by atoms with Crippen LogP contribution in [0.3, 0.4) is 0 Å². The van der Waals surface area contributed by atoms with Gasteiger partial charge in [0.25, 0.3) is 0 Å². The summed E-state index contributed by atoms with van der Waals surface area (Å²) in [6, 6.07) is 7.60. The van der Waals surface area contributed by atoms with Gasteiger partial charge in [0.05, 0.1) is 20.4 Å². The van der Waals surface area contributed by atoms with Crippen LogP contribution in [-0.2, 0) is 22.4 Å². The Bertz CT molecular complexity index is 880. The molecule has 0 aliphatic heterocycles. The highest BCUT2D eigenvalue weighted by Gasteiger charge is 2.18. The second-order valence-corrected chi connectivity index (χ2v) is 11.1. The molecular weight excluding hydrogens is 512 g/mol. The van der Waals surface area contributed by atoms with Crippen molar-refractivity contribution in [2.45, 2.75) is 12.8 Å². The van der Waals surface area contributed by atoms with E-state index in [1.165, 1.54) is 22.7 Å². The maximum atomic E-state index is 11.1. The van der Waals surface area contributed by atoms with E-state index in [-0.39, 0.29) is 12.8 Å². The molecule has 0 saturated heterocycles. The maximum Gasteiger partial charge on any atom is 0.307 e. The van der Waals surface area contributed by atoms with Crippen molar-refractivity contribution in [1.82, 2.24) is 0 Å². The van der Waals surface area contributed by atoms with Gasteiger partial charge in [-0.3, -0.25) is 9.59 Å². The van der Waals surface area contributed by atoms with Gasteiger partial charge in [0.2, 0.25) is 0 Å². The highest BCUT2D eigenvalue weighted by molar-refractivity contribution is 9.11. The van der Waals surface area contributed by atoms with E-state index in [0.717, 1.165) is 38.2 Å². The number of carboxylic acid groups (broad SMARTS) is 2. The van der Waals surface area contributed by atoms with E-state index in [9.17, 15) is 9.59 Å². The lowest BCUT2D eigenvalue weighted by molar-refractivity contribution is -0.137. The Morgan fingerprint density at radius 2 is 1.20 bits per heavy atom. The molecular formula is C16H10Br2O4S3. The molecule has 0 aliphatic carbocycles. The van der Waals surface area contributed by atoms with E-state index in [0.29, 0.717) is 0 Å². The first-order valence-electron chi connectivity index (χ1n) is 6.94. The zero-order chi connectivity index (χ0) is 18.1. The maximum absolute atomic E-state index is 11.1. The molecule has 3 heterocycles. The molecule has 3 rings (SSSR count). The highest BCUT2D eigenvalue weighted by Crippen LogP contribution is 2.45. The van der Waals surface area contributed by atoms with E-state index in [4.69, 9.17) is 10.2 Å². The van der Waals surface area contributed by atoms with Gasteiger partial charge in [0, 0.05) is 19.5 Å². The first-order chi connectivity index (χ1) is 11.8. The van der Waals surface area contributed by atoms with Crippen LogP contribution in [0.1, 0.15) is 11.1 Å². The fourth-order valence-electron chi connectivity index (χ4n) is 2.38. The third kappa shape index (κ3) is 4.40. The molecule has 0 bridgehead atoms. The monoisotopic (exact) mass is 520 g/mol. The van der Waals surface area contributed by atoms with Gasteiger partial charge in [0.15, 0.2) is 0 Å². The van der Waals surface area contributed by atoms with Crippen LogP contribution >= 0.6 is 65.9 Å². The van der Waals surface area contributed by atoms with Crippen LogP contribution in [0.4, 0.5) is 0 Å². The third-order valence-corrected chi connectivity index (χ3v) is 8.10. The molecule has 0 amide bonds. The zero-order valence-corrected chi connectivity index (χ0v) is 18.0. The lowest BCUT2D eigenvalue weighted by Crippen LogP contribution is -1.99. The molecule has 3 aromatic heterocycles. The molecule has 0 fully saturated rings. The Kier molecular flexibility index (Phi) is 5.79. The van der Waals surface area contributed by atoms with Crippen molar-refractivity contribution in [3.8, 4) is 19.5 Å². The minimum atomic E-state index is -0.866. The molecule has 4 nitrogen and oxygen atoms in total. The SMILES string of the molecule is O=C(O)Cc1cc(Br)sc1-c1ccc(-c2sc(Br)cc2CC(=O)O)s1. The number of rotatable bonds is 6. The van der Waals surface area contributed by atoms with E-state index in [1.807, 2.05) is 24.3 Å². The summed E-state index contributed by atoms with van der Waals surface area (Å²) in [5, 5.41) is 18.2. The van der Waals surface area contributed by atoms with E-state index >= 15 is 0 Å². The first-order valence-corrected chi connectivity index (χ1v) is 11.0. The van der Waals surface area contributed by atoms with Crippen molar-refractivity contribution < 1.29 is 19.8 Å². The first kappa shape index (κ1) is 18.8. The molecule has 0 spiro atoms. The van der Waals surface area contributed by atoms with E-state index in [1.54, 1.807) is 11.3 Å². The topological polar surface area (TPSA) is 74.6 Å². The Labute approximate surface area is 172 Å². The highest BCUT2D eigenvalue weighted by atomic mass is 79.9. The third-order valence-electron chi connectivity index (χ3n) is 3.29. The minimum Gasteiger partial charge on any atom is -0.481 e. The smallest absolute Gasteiger partial charge is 0.307 e. The Morgan fingerprint density at radius 3 is 1.56 bits per heavy atom. The zero-order valence-electron chi connectivity index (χ0n) is 12.4. The number of carboxylic acids is 2. The van der Waals surface area contributed by atoms with Gasteiger partial charge in [-0.05, 0) is 67.3 Å². The second kappa shape index (κ2) is 7.71. The van der Waals surface area contributed by atoms with Crippen molar-refractivity contribution in [3.05, 3.63) is 43.0 Å². The molecule has 3 aromatic rings. The predicted molar refractivity (Wildman–Crippen MR) is 109 cm³/mol. The van der Waals surface area contributed by atoms with E-state index < -0.39 is 11.9 Å². The van der Waals surface area contributed by atoms with E-state index in [2.05, 4.69) is 31.9 Å². The van der Waals surface area contributed by atoms with Crippen LogP contribution in [0.2, 0.25) is 0 Å². The van der Waals surface area contributed by atoms with Gasteiger partial charge in [-0.25, -0.2) is 0 Å². The molecule has 2 N–H and O–H groups in total. The molecule has 0 atom stereocenters. The molecule has 0 saturated carbocycles. The summed E-state index contributed by atoms with van der Waals surface area (Å²) in [5.41, 5.74) is 1.55. The van der Waals surface area contributed by atoms with Gasteiger partial charge < -0.3 is 10.2 Å². The normalized spacial score (nSPS) is 11.0. The lowest BCUT2D eigenvalue weighted by atomic mass is 10.1. The average molecular weight is 522 g/mol. The fourth-order valence-corrected chi connectivity index (χ4v) is 7.01. The molecule has 0 aromatic carbocycles. The van der Waals surface area contributed by atoms with Gasteiger partial charge in [0.1, 0.15) is 0 Å². The summed E-state index contributed by atoms with van der Waals surface area (Å²) < 4.78 is 1.78. The van der Waals surface area contributed by atoms with Crippen LogP contribution in [0, 0.1) is 0 Å². The molecule has 0 radical (unpaired) electrons. The number of halogens is 2. The second-order valence-electron chi connectivity index (χ2n) is 5.11. The van der Waals surface area contributed by atoms with Crippen molar-refractivity contribution in [1.29, 1.82) is 0 Å². The molecule has 0 aliphatic rings. The fraction of sp³-hybridized carbons (Fsp3) is 0.125. The van der Waals surface area contributed by atoms with Crippen molar-refractivity contribution in [2.75, 3.05) is 0 Å². The summed E-state index contributed by atoms with van der Waals surface area (Å²) in [6.07, 6.45) is -0.0566. The number of carbonyl (C=O) groups is 2. The number of hydrogen-bond acceptors (Lipinski definition) is 5. The summed E-state index contributed by atoms with van der Waals surface area (Å²) in [7, 11) is 0. The van der Waals surface area contributed by atoms with Crippen LogP contribution in [0.5, 0.6) is 0 Å². The van der Waals surface area contributed by atoms with Crippen molar-refractivity contribution in [3.63, 3.8) is 0 Å². The lowest BCUT2D eigenvalue weighted by Gasteiger charge is -1.99. The Hall–Kier alpha value is -1.00. The van der Waals surface area contributed by atoms with Crippen molar-refractivity contribution in [2.24, 2.45) is 0 Å². The van der Waals surface area contributed by atoms with Gasteiger partial charge in [-0.2, -0.15) is 0 Å². The minimum absolute atomic E-state index is 0.0283. The molecule has 130 valence electrons. The standard InChI is InChI=1S/C16H10Br2O4S3/c17-11-3-7(5-13(19)20)15(24-11)9-1-2-10(23-9)16-8(6-14(21)22)4-12(18)25-16/h1-4H,5-6H2,(H,19,20)(H,21,22). The molecule has 25 heavy (non-hydrogen) atoms. The quantitative estimate of drug-likeness (QED) is 0.418. The summed E-state index contributed by atoms with van der Waals surface area (Å²) >= 11 is 11.4. The Balaban J connectivity index is 1.99. The summed E-state index contributed by atoms with van der Waals surface area (Å²) in [4.78, 5) is 26.0. The predicted octanol–water partition coefficient (Wildman–Crippen LogP) is 5.98. The Morgan fingerprint density at radius 1 is 0.800 bits per heavy atom. The van der Waals surface area contributed by atoms with Crippen LogP contribution in [0.15, 0.2) is 31.8 Å². The largest absolute Gasteiger partial charge is 0.481 e. The number of aliphatic carboxylic acids is 2. The van der Waals surface area contributed by atoms with Gasteiger partial charge in [-0.15, -0.1) is 34.0 Å². The van der Waals surface area contributed by atoms with Gasteiger partial charge in [-0.1, -0.05) is 0 Å². The van der Waals surface area contributed by atoms with Gasteiger partial charge >= 0.3 is 11.9 Å². The number of thiophene rings is 3. The number of hydrogen-bond donors (Lipinski definition) is 2.